The zero-order valence-corrected chi connectivity index (χ0v) is 10.1. The number of hydrogen-bond acceptors (Lipinski definition) is 3. The molecule has 2 N–H and O–H groups in total. The average Bonchev–Trinajstić information content (AvgIpc) is 2.30. The van der Waals surface area contributed by atoms with Crippen LogP contribution in [0.2, 0.25) is 5.02 Å². The van der Waals surface area contributed by atoms with Crippen molar-refractivity contribution >= 4 is 11.6 Å². The highest BCUT2D eigenvalue weighted by Gasteiger charge is 2.17. The molecule has 0 amide bonds. The normalized spacial score (nSPS) is 12.4. The van der Waals surface area contributed by atoms with E-state index in [2.05, 4.69) is 11.0 Å². The average molecular weight is 238 g/mol. The molecule has 0 radical (unpaired) electrons. The summed E-state index contributed by atoms with van der Waals surface area (Å²) in [6.07, 6.45) is 0.497. The van der Waals surface area contributed by atoms with Gasteiger partial charge in [0.05, 0.1) is 6.07 Å². The maximum Gasteiger partial charge on any atom is 0.0635 e. The molecule has 0 spiro atoms. The third-order valence-electron chi connectivity index (χ3n) is 2.60. The van der Waals surface area contributed by atoms with Crippen LogP contribution in [-0.4, -0.2) is 25.0 Å². The summed E-state index contributed by atoms with van der Waals surface area (Å²) in [5, 5.41) is 9.28. The van der Waals surface area contributed by atoms with Crippen molar-refractivity contribution < 1.29 is 0 Å². The number of halogens is 1. The van der Waals surface area contributed by atoms with Crippen molar-refractivity contribution in [1.82, 2.24) is 4.90 Å². The summed E-state index contributed by atoms with van der Waals surface area (Å²) in [7, 11) is 1.96. The van der Waals surface area contributed by atoms with E-state index in [-0.39, 0.29) is 6.04 Å². The van der Waals surface area contributed by atoms with Gasteiger partial charge in [0.2, 0.25) is 0 Å². The monoisotopic (exact) mass is 237 g/mol. The summed E-state index contributed by atoms with van der Waals surface area (Å²) >= 11 is 6.13. The summed E-state index contributed by atoms with van der Waals surface area (Å²) in [5.41, 5.74) is 6.78. The molecule has 1 rings (SSSR count). The van der Waals surface area contributed by atoms with Crippen LogP contribution in [0.4, 0.5) is 0 Å². The Kier molecular flexibility index (Phi) is 5.27. The molecule has 0 saturated carbocycles. The lowest BCUT2D eigenvalue weighted by molar-refractivity contribution is 0.256. The number of nitrogens with two attached hydrogens (primary N) is 1. The van der Waals surface area contributed by atoms with Gasteiger partial charge in [-0.05, 0) is 18.7 Å². The topological polar surface area (TPSA) is 53.0 Å². The molecule has 0 aliphatic carbocycles. The van der Waals surface area contributed by atoms with Crippen LogP contribution < -0.4 is 5.73 Å². The third kappa shape index (κ3) is 3.21. The van der Waals surface area contributed by atoms with Crippen LogP contribution >= 0.6 is 11.6 Å². The number of hydrogen-bond donors (Lipinski definition) is 1. The molecule has 1 atom stereocenters. The van der Waals surface area contributed by atoms with E-state index in [9.17, 15) is 0 Å². The van der Waals surface area contributed by atoms with Crippen LogP contribution in [-0.2, 0) is 0 Å². The van der Waals surface area contributed by atoms with Gasteiger partial charge in [0.15, 0.2) is 0 Å². The van der Waals surface area contributed by atoms with Crippen molar-refractivity contribution in [2.45, 2.75) is 12.5 Å². The molecule has 16 heavy (non-hydrogen) atoms. The SMILES string of the molecule is CN(CCC#N)C(CN)c1ccccc1Cl. The van der Waals surface area contributed by atoms with Crippen molar-refractivity contribution in [1.29, 1.82) is 5.26 Å². The zero-order valence-electron chi connectivity index (χ0n) is 9.36. The maximum absolute atomic E-state index is 8.56. The highest BCUT2D eigenvalue weighted by Crippen LogP contribution is 2.25. The van der Waals surface area contributed by atoms with Gasteiger partial charge in [0.25, 0.3) is 0 Å². The van der Waals surface area contributed by atoms with Gasteiger partial charge in [-0.25, -0.2) is 0 Å². The molecule has 1 aromatic rings. The standard InChI is InChI=1S/C12H16ClN3/c1-16(8-4-7-14)12(9-15)10-5-2-3-6-11(10)13/h2-3,5-6,12H,4,8-9,15H2,1H3. The second-order valence-corrected chi connectivity index (χ2v) is 4.07. The van der Waals surface area contributed by atoms with E-state index in [0.717, 1.165) is 10.6 Å². The molecule has 0 heterocycles. The molecule has 0 fully saturated rings. The predicted molar refractivity (Wildman–Crippen MR) is 66.1 cm³/mol. The van der Waals surface area contributed by atoms with Gasteiger partial charge in [-0.1, -0.05) is 29.8 Å². The van der Waals surface area contributed by atoms with E-state index < -0.39 is 0 Å². The smallest absolute Gasteiger partial charge is 0.0635 e. The minimum atomic E-state index is 0.0713. The fourth-order valence-corrected chi connectivity index (χ4v) is 1.93. The van der Waals surface area contributed by atoms with Gasteiger partial charge in [0, 0.05) is 30.6 Å². The Balaban J connectivity index is 2.82. The molecule has 0 saturated heterocycles. The lowest BCUT2D eigenvalue weighted by atomic mass is 10.1. The Labute approximate surface area is 101 Å². The Morgan fingerprint density at radius 3 is 2.75 bits per heavy atom. The third-order valence-corrected chi connectivity index (χ3v) is 2.94. The Bertz CT molecular complexity index is 373. The lowest BCUT2D eigenvalue weighted by Crippen LogP contribution is -2.31. The molecule has 1 aromatic carbocycles. The maximum atomic E-state index is 8.56. The van der Waals surface area contributed by atoms with Crippen LogP contribution in [0, 0.1) is 11.3 Å². The predicted octanol–water partition coefficient (Wildman–Crippen LogP) is 2.19. The van der Waals surface area contributed by atoms with Gasteiger partial charge in [0.1, 0.15) is 0 Å². The first-order valence-corrected chi connectivity index (χ1v) is 5.60. The van der Waals surface area contributed by atoms with Crippen molar-refractivity contribution in [3.63, 3.8) is 0 Å². The van der Waals surface area contributed by atoms with E-state index in [4.69, 9.17) is 22.6 Å². The summed E-state index contributed by atoms with van der Waals surface area (Å²) in [4.78, 5) is 2.06. The molecular formula is C12H16ClN3. The number of nitriles is 1. The van der Waals surface area contributed by atoms with E-state index >= 15 is 0 Å². The fourth-order valence-electron chi connectivity index (χ4n) is 1.67. The number of benzene rings is 1. The van der Waals surface area contributed by atoms with Crippen molar-refractivity contribution in [2.24, 2.45) is 5.73 Å². The summed E-state index contributed by atoms with van der Waals surface area (Å²) in [5.74, 6) is 0. The lowest BCUT2D eigenvalue weighted by Gasteiger charge is -2.27. The van der Waals surface area contributed by atoms with Crippen LogP contribution in [0.3, 0.4) is 0 Å². The molecule has 0 aliphatic heterocycles. The Hall–Kier alpha value is -1.08. The second kappa shape index (κ2) is 6.49. The van der Waals surface area contributed by atoms with Gasteiger partial charge >= 0.3 is 0 Å². The molecular weight excluding hydrogens is 222 g/mol. The Morgan fingerprint density at radius 2 is 2.19 bits per heavy atom. The summed E-state index contributed by atoms with van der Waals surface area (Å²) in [6.45, 7) is 1.19. The summed E-state index contributed by atoms with van der Waals surface area (Å²) in [6, 6.07) is 9.88. The van der Waals surface area contributed by atoms with Crippen molar-refractivity contribution in [3.8, 4) is 6.07 Å². The van der Waals surface area contributed by atoms with Crippen molar-refractivity contribution in [2.75, 3.05) is 20.1 Å². The van der Waals surface area contributed by atoms with Crippen molar-refractivity contribution in [3.05, 3.63) is 34.9 Å². The number of likely N-dealkylation sites (N-methyl/N-ethyl adjacent to an activating group) is 1. The molecule has 0 aliphatic rings. The number of nitrogens with zero attached hydrogens (tertiary/aromatic N) is 2. The molecule has 0 bridgehead atoms. The van der Waals surface area contributed by atoms with E-state index in [1.807, 2.05) is 31.3 Å². The quantitative estimate of drug-likeness (QED) is 0.854. The van der Waals surface area contributed by atoms with E-state index in [1.54, 1.807) is 0 Å². The molecule has 4 heteroatoms. The van der Waals surface area contributed by atoms with E-state index in [1.165, 1.54) is 0 Å². The zero-order chi connectivity index (χ0) is 12.0. The largest absolute Gasteiger partial charge is 0.329 e. The molecule has 1 unspecified atom stereocenters. The highest BCUT2D eigenvalue weighted by atomic mass is 35.5. The van der Waals surface area contributed by atoms with Crippen LogP contribution in [0.25, 0.3) is 0 Å². The Morgan fingerprint density at radius 1 is 1.50 bits per heavy atom. The second-order valence-electron chi connectivity index (χ2n) is 3.66. The van der Waals surface area contributed by atoms with E-state index in [0.29, 0.717) is 19.5 Å². The molecule has 0 aromatic heterocycles. The number of rotatable bonds is 5. The van der Waals surface area contributed by atoms with Crippen LogP contribution in [0.1, 0.15) is 18.0 Å². The first kappa shape index (κ1) is 13.0. The van der Waals surface area contributed by atoms with Crippen LogP contribution in [0.15, 0.2) is 24.3 Å². The van der Waals surface area contributed by atoms with Gasteiger partial charge in [-0.3, -0.25) is 4.90 Å². The molecule has 3 nitrogen and oxygen atoms in total. The molecule has 86 valence electrons. The van der Waals surface area contributed by atoms with Crippen LogP contribution in [0.5, 0.6) is 0 Å². The highest BCUT2D eigenvalue weighted by molar-refractivity contribution is 6.31. The van der Waals surface area contributed by atoms with Gasteiger partial charge in [-0.15, -0.1) is 0 Å². The minimum absolute atomic E-state index is 0.0713. The fraction of sp³-hybridized carbons (Fsp3) is 0.417. The van der Waals surface area contributed by atoms with Gasteiger partial charge in [-0.2, -0.15) is 5.26 Å². The van der Waals surface area contributed by atoms with Gasteiger partial charge < -0.3 is 5.73 Å². The minimum Gasteiger partial charge on any atom is -0.329 e. The first-order valence-electron chi connectivity index (χ1n) is 5.22. The first-order chi connectivity index (χ1) is 7.70. The summed E-state index contributed by atoms with van der Waals surface area (Å²) < 4.78 is 0.